The summed E-state index contributed by atoms with van der Waals surface area (Å²) in [6.07, 6.45) is 0.785. The molecule has 0 radical (unpaired) electrons. The van der Waals surface area contributed by atoms with E-state index in [4.69, 9.17) is 9.47 Å². The van der Waals surface area contributed by atoms with Gasteiger partial charge in [-0.2, -0.15) is 12.6 Å². The second kappa shape index (κ2) is 8.77. The number of ether oxygens (including phenoxy) is 2. The van der Waals surface area contributed by atoms with E-state index in [2.05, 4.69) is 36.7 Å². The van der Waals surface area contributed by atoms with Crippen molar-refractivity contribution in [1.82, 2.24) is 5.32 Å². The molecule has 1 amide bonds. The molecular formula is C21H21NO4S. The minimum absolute atomic E-state index is 0.0367. The first-order valence-electron chi connectivity index (χ1n) is 8.65. The number of benzene rings is 2. The van der Waals surface area contributed by atoms with Gasteiger partial charge in [0.25, 0.3) is 0 Å². The van der Waals surface area contributed by atoms with Crippen molar-refractivity contribution in [3.05, 3.63) is 72.3 Å². The van der Waals surface area contributed by atoms with E-state index in [-0.39, 0.29) is 24.9 Å². The molecule has 140 valence electrons. The van der Waals surface area contributed by atoms with Gasteiger partial charge >= 0.3 is 12.1 Å². The molecule has 1 aliphatic carbocycles. The third kappa shape index (κ3) is 4.17. The Morgan fingerprint density at radius 1 is 1.07 bits per heavy atom. The van der Waals surface area contributed by atoms with Gasteiger partial charge in [0.2, 0.25) is 0 Å². The monoisotopic (exact) mass is 383 g/mol. The maximum atomic E-state index is 12.2. The average molecular weight is 383 g/mol. The van der Waals surface area contributed by atoms with Gasteiger partial charge in [0.15, 0.2) is 0 Å². The SMILES string of the molecule is C=CCOC(=O)C(CS)NC(=O)OCC1c2ccccc2-c2ccccc21. The van der Waals surface area contributed by atoms with Crippen molar-refractivity contribution < 1.29 is 19.1 Å². The van der Waals surface area contributed by atoms with Crippen LogP contribution in [0.3, 0.4) is 0 Å². The Balaban J connectivity index is 1.65. The molecule has 2 aromatic carbocycles. The van der Waals surface area contributed by atoms with Crippen molar-refractivity contribution >= 4 is 24.7 Å². The number of hydrogen-bond donors (Lipinski definition) is 2. The third-order valence-electron chi connectivity index (χ3n) is 4.45. The largest absolute Gasteiger partial charge is 0.460 e. The Kier molecular flexibility index (Phi) is 6.19. The lowest BCUT2D eigenvalue weighted by Gasteiger charge is -2.17. The lowest BCUT2D eigenvalue weighted by molar-refractivity contribution is -0.144. The molecule has 0 aliphatic heterocycles. The highest BCUT2D eigenvalue weighted by atomic mass is 32.1. The summed E-state index contributed by atoms with van der Waals surface area (Å²) in [5.74, 6) is -0.496. The first kappa shape index (κ1) is 19.0. The fourth-order valence-corrected chi connectivity index (χ4v) is 3.44. The minimum Gasteiger partial charge on any atom is -0.460 e. The highest BCUT2D eigenvalue weighted by Crippen LogP contribution is 2.44. The van der Waals surface area contributed by atoms with Crippen LogP contribution in [0.15, 0.2) is 61.2 Å². The number of thiol groups is 1. The van der Waals surface area contributed by atoms with Gasteiger partial charge in [-0.25, -0.2) is 9.59 Å². The normalized spacial score (nSPS) is 13.2. The van der Waals surface area contributed by atoms with Gasteiger partial charge in [-0.05, 0) is 22.3 Å². The second-order valence-corrected chi connectivity index (χ2v) is 6.49. The van der Waals surface area contributed by atoms with Crippen LogP contribution in [0.2, 0.25) is 0 Å². The Hall–Kier alpha value is -2.73. The van der Waals surface area contributed by atoms with Crippen molar-refractivity contribution in [1.29, 1.82) is 0 Å². The predicted molar refractivity (Wildman–Crippen MR) is 107 cm³/mol. The topological polar surface area (TPSA) is 64.6 Å². The average Bonchev–Trinajstić information content (AvgIpc) is 3.02. The van der Waals surface area contributed by atoms with E-state index in [1.54, 1.807) is 0 Å². The first-order chi connectivity index (χ1) is 13.2. The van der Waals surface area contributed by atoms with Gasteiger partial charge in [0.1, 0.15) is 19.3 Å². The summed E-state index contributed by atoms with van der Waals surface area (Å²) >= 11 is 4.08. The highest BCUT2D eigenvalue weighted by molar-refractivity contribution is 7.80. The number of rotatable bonds is 7. The van der Waals surface area contributed by atoms with Crippen LogP contribution < -0.4 is 5.32 Å². The van der Waals surface area contributed by atoms with Crippen LogP contribution in [0.4, 0.5) is 4.79 Å². The quantitative estimate of drug-likeness (QED) is 0.436. The lowest BCUT2D eigenvalue weighted by atomic mass is 9.98. The van der Waals surface area contributed by atoms with Crippen LogP contribution >= 0.6 is 12.6 Å². The zero-order chi connectivity index (χ0) is 19.2. The van der Waals surface area contributed by atoms with E-state index in [0.29, 0.717) is 0 Å². The number of amides is 1. The number of carbonyl (C=O) groups excluding carboxylic acids is 2. The molecule has 1 unspecified atom stereocenters. The molecule has 1 aliphatic rings. The smallest absolute Gasteiger partial charge is 0.407 e. The predicted octanol–water partition coefficient (Wildman–Crippen LogP) is 3.55. The van der Waals surface area contributed by atoms with Crippen LogP contribution in [-0.4, -0.2) is 37.1 Å². The molecule has 6 heteroatoms. The molecule has 0 aromatic heterocycles. The molecule has 0 bridgehead atoms. The van der Waals surface area contributed by atoms with Gasteiger partial charge in [0.05, 0.1) is 0 Å². The number of fused-ring (bicyclic) bond motifs is 3. The van der Waals surface area contributed by atoms with Crippen molar-refractivity contribution in [2.24, 2.45) is 0 Å². The molecule has 0 heterocycles. The van der Waals surface area contributed by atoms with Crippen LogP contribution in [0, 0.1) is 0 Å². The van der Waals surface area contributed by atoms with Crippen molar-refractivity contribution in [3.63, 3.8) is 0 Å². The van der Waals surface area contributed by atoms with Gasteiger partial charge in [-0.15, -0.1) is 0 Å². The van der Waals surface area contributed by atoms with Gasteiger partial charge in [-0.1, -0.05) is 61.2 Å². The molecule has 2 aromatic rings. The number of hydrogen-bond acceptors (Lipinski definition) is 5. The fraction of sp³-hybridized carbons (Fsp3) is 0.238. The summed E-state index contributed by atoms with van der Waals surface area (Å²) in [6, 6.07) is 15.3. The minimum atomic E-state index is -0.871. The molecule has 0 fully saturated rings. The molecule has 5 nitrogen and oxygen atoms in total. The molecule has 1 atom stereocenters. The van der Waals surface area contributed by atoms with E-state index in [1.165, 1.54) is 6.08 Å². The van der Waals surface area contributed by atoms with E-state index in [1.807, 2.05) is 36.4 Å². The Labute approximate surface area is 163 Å². The zero-order valence-corrected chi connectivity index (χ0v) is 15.7. The summed E-state index contributed by atoms with van der Waals surface area (Å²) in [7, 11) is 0. The van der Waals surface area contributed by atoms with Gasteiger partial charge in [0, 0.05) is 11.7 Å². The lowest BCUT2D eigenvalue weighted by Crippen LogP contribution is -2.43. The highest BCUT2D eigenvalue weighted by Gasteiger charge is 2.29. The van der Waals surface area contributed by atoms with Crippen molar-refractivity contribution in [3.8, 4) is 11.1 Å². The van der Waals surface area contributed by atoms with E-state index >= 15 is 0 Å². The van der Waals surface area contributed by atoms with Crippen LogP contribution in [0.1, 0.15) is 17.0 Å². The van der Waals surface area contributed by atoms with Crippen LogP contribution in [0.25, 0.3) is 11.1 Å². The zero-order valence-electron chi connectivity index (χ0n) is 14.8. The Morgan fingerprint density at radius 3 is 2.22 bits per heavy atom. The molecule has 0 spiro atoms. The summed E-state index contributed by atoms with van der Waals surface area (Å²) in [5, 5.41) is 2.50. The van der Waals surface area contributed by atoms with Crippen molar-refractivity contribution in [2.75, 3.05) is 19.0 Å². The Bertz CT molecular complexity index is 806. The van der Waals surface area contributed by atoms with Gasteiger partial charge < -0.3 is 14.8 Å². The summed E-state index contributed by atoms with van der Waals surface area (Å²) < 4.78 is 10.4. The molecule has 0 saturated heterocycles. The molecule has 0 saturated carbocycles. The third-order valence-corrected chi connectivity index (χ3v) is 4.81. The van der Waals surface area contributed by atoms with E-state index in [0.717, 1.165) is 22.3 Å². The van der Waals surface area contributed by atoms with Crippen molar-refractivity contribution in [2.45, 2.75) is 12.0 Å². The summed E-state index contributed by atoms with van der Waals surface area (Å²) in [4.78, 5) is 24.0. The number of carbonyl (C=O) groups is 2. The second-order valence-electron chi connectivity index (χ2n) is 6.12. The van der Waals surface area contributed by atoms with Crippen LogP contribution in [0.5, 0.6) is 0 Å². The summed E-state index contributed by atoms with van der Waals surface area (Å²) in [6.45, 7) is 3.74. The Morgan fingerprint density at radius 2 is 1.67 bits per heavy atom. The number of nitrogens with one attached hydrogen (secondary N) is 1. The number of alkyl carbamates (subject to hydrolysis) is 1. The summed E-state index contributed by atoms with van der Waals surface area (Å²) in [5.41, 5.74) is 4.57. The van der Waals surface area contributed by atoms with E-state index < -0.39 is 18.1 Å². The standard InChI is InChI=1S/C21H21NO4S/c1-2-11-25-20(23)19(13-27)22-21(24)26-12-18-16-9-5-3-7-14(16)15-8-4-6-10-17(15)18/h2-10,18-19,27H,1,11-13H2,(H,22,24). The number of esters is 1. The maximum Gasteiger partial charge on any atom is 0.407 e. The van der Waals surface area contributed by atoms with Crippen LogP contribution in [-0.2, 0) is 14.3 Å². The molecule has 3 rings (SSSR count). The van der Waals surface area contributed by atoms with E-state index in [9.17, 15) is 9.59 Å². The molecule has 27 heavy (non-hydrogen) atoms. The first-order valence-corrected chi connectivity index (χ1v) is 9.28. The molecular weight excluding hydrogens is 362 g/mol. The maximum absolute atomic E-state index is 12.2. The molecule has 1 N–H and O–H groups in total. The fourth-order valence-electron chi connectivity index (χ4n) is 3.20. The van der Waals surface area contributed by atoms with Gasteiger partial charge in [-0.3, -0.25) is 0 Å².